The number of hydrogen-bond acceptors (Lipinski definition) is 5. The molecule has 142 valence electrons. The quantitative estimate of drug-likeness (QED) is 0.610. The topological polar surface area (TPSA) is 80.3 Å². The Balaban J connectivity index is 1.75. The first-order valence-electron chi connectivity index (χ1n) is 8.14. The van der Waals surface area contributed by atoms with Crippen LogP contribution in [0.3, 0.4) is 0 Å². The fraction of sp³-hybridized carbons (Fsp3) is 0.0500. The van der Waals surface area contributed by atoms with Gasteiger partial charge < -0.3 is 15.4 Å². The van der Waals surface area contributed by atoms with Crippen LogP contribution in [-0.4, -0.2) is 24.0 Å². The number of aromatic nitrogens is 1. The second kappa shape index (κ2) is 8.49. The summed E-state index contributed by atoms with van der Waals surface area (Å²) in [4.78, 5) is 28.1. The van der Waals surface area contributed by atoms with E-state index in [0.717, 1.165) is 0 Å². The molecule has 0 unspecified atom stereocenters. The predicted octanol–water partition coefficient (Wildman–Crippen LogP) is 4.66. The van der Waals surface area contributed by atoms with Gasteiger partial charge in [0.2, 0.25) is 0 Å². The smallest absolute Gasteiger partial charge is 0.337 e. The number of anilines is 3. The molecule has 3 aromatic rings. The fourth-order valence-corrected chi connectivity index (χ4v) is 2.59. The molecule has 8 heteroatoms. The summed E-state index contributed by atoms with van der Waals surface area (Å²) in [6.07, 6.45) is 1.47. The summed E-state index contributed by atoms with van der Waals surface area (Å²) in [6.45, 7) is 0. The van der Waals surface area contributed by atoms with E-state index < -0.39 is 17.7 Å². The molecule has 0 fully saturated rings. The van der Waals surface area contributed by atoms with Crippen molar-refractivity contribution in [3.63, 3.8) is 0 Å². The lowest BCUT2D eigenvalue weighted by Crippen LogP contribution is -2.14. The second-order valence-corrected chi connectivity index (χ2v) is 6.12. The zero-order valence-electron chi connectivity index (χ0n) is 14.7. The highest BCUT2D eigenvalue weighted by Gasteiger charge is 2.11. The van der Waals surface area contributed by atoms with Gasteiger partial charge in [0.25, 0.3) is 5.91 Å². The number of methoxy groups -OCH3 is 1. The summed E-state index contributed by atoms with van der Waals surface area (Å²) >= 11 is 5.77. The Kier molecular flexibility index (Phi) is 5.86. The van der Waals surface area contributed by atoms with Crippen molar-refractivity contribution < 1.29 is 18.7 Å². The largest absolute Gasteiger partial charge is 0.465 e. The van der Waals surface area contributed by atoms with E-state index in [1.807, 2.05) is 0 Å². The third kappa shape index (κ3) is 4.63. The number of esters is 1. The summed E-state index contributed by atoms with van der Waals surface area (Å²) in [5, 5.41) is 5.70. The van der Waals surface area contributed by atoms with Gasteiger partial charge in [-0.1, -0.05) is 17.7 Å². The van der Waals surface area contributed by atoms with Crippen molar-refractivity contribution in [2.75, 3.05) is 17.7 Å². The number of nitrogens with one attached hydrogen (secondary N) is 2. The number of amides is 1. The first kappa shape index (κ1) is 19.3. The van der Waals surface area contributed by atoms with E-state index in [-0.39, 0.29) is 10.7 Å². The Morgan fingerprint density at radius 3 is 2.57 bits per heavy atom. The minimum Gasteiger partial charge on any atom is -0.465 e. The molecule has 2 N–H and O–H groups in total. The van der Waals surface area contributed by atoms with Gasteiger partial charge in [-0.15, -0.1) is 0 Å². The molecule has 0 spiro atoms. The normalized spacial score (nSPS) is 10.2. The Morgan fingerprint density at radius 1 is 1.04 bits per heavy atom. The molecular formula is C20H15ClFN3O3. The Labute approximate surface area is 165 Å². The molecule has 0 atom stereocenters. The van der Waals surface area contributed by atoms with Gasteiger partial charge >= 0.3 is 5.97 Å². The van der Waals surface area contributed by atoms with Crippen molar-refractivity contribution in [3.8, 4) is 0 Å². The number of benzene rings is 2. The molecule has 1 aromatic heterocycles. The molecular weight excluding hydrogens is 385 g/mol. The van der Waals surface area contributed by atoms with Crippen LogP contribution >= 0.6 is 11.6 Å². The van der Waals surface area contributed by atoms with E-state index in [9.17, 15) is 14.0 Å². The maximum atomic E-state index is 13.3. The van der Waals surface area contributed by atoms with Crippen molar-refractivity contribution in [1.29, 1.82) is 0 Å². The van der Waals surface area contributed by atoms with Crippen molar-refractivity contribution in [2.24, 2.45) is 0 Å². The van der Waals surface area contributed by atoms with Crippen LogP contribution in [0.25, 0.3) is 0 Å². The lowest BCUT2D eigenvalue weighted by molar-refractivity contribution is 0.0600. The number of nitrogens with zero attached hydrogens (tertiary/aromatic N) is 1. The predicted molar refractivity (Wildman–Crippen MR) is 105 cm³/mol. The number of rotatable bonds is 5. The van der Waals surface area contributed by atoms with Gasteiger partial charge in [-0.2, -0.15) is 0 Å². The average Bonchev–Trinajstić information content (AvgIpc) is 2.70. The molecule has 0 saturated carbocycles. The van der Waals surface area contributed by atoms with Crippen LogP contribution in [0.4, 0.5) is 21.5 Å². The number of carbonyl (C=O) groups excluding carboxylic acids is 2. The summed E-state index contributed by atoms with van der Waals surface area (Å²) in [6, 6.07) is 13.8. The number of carbonyl (C=O) groups is 2. The van der Waals surface area contributed by atoms with Crippen LogP contribution in [0.15, 0.2) is 60.8 Å². The Bertz CT molecular complexity index is 1040. The summed E-state index contributed by atoms with van der Waals surface area (Å²) < 4.78 is 17.9. The van der Waals surface area contributed by atoms with Gasteiger partial charge in [-0.25, -0.2) is 9.18 Å². The van der Waals surface area contributed by atoms with Gasteiger partial charge in [-0.05, 0) is 48.5 Å². The third-order valence-electron chi connectivity index (χ3n) is 3.74. The van der Waals surface area contributed by atoms with E-state index in [0.29, 0.717) is 22.6 Å². The molecule has 0 aliphatic carbocycles. The first-order valence-corrected chi connectivity index (χ1v) is 8.52. The van der Waals surface area contributed by atoms with Gasteiger partial charge in [0.15, 0.2) is 0 Å². The van der Waals surface area contributed by atoms with Crippen LogP contribution < -0.4 is 10.6 Å². The van der Waals surface area contributed by atoms with Crippen LogP contribution in [0.2, 0.25) is 5.02 Å². The minimum absolute atomic E-state index is 0.0116. The number of ether oxygens (including phenoxy) is 1. The van der Waals surface area contributed by atoms with E-state index >= 15 is 0 Å². The maximum Gasteiger partial charge on any atom is 0.337 e. The highest BCUT2D eigenvalue weighted by atomic mass is 35.5. The molecule has 28 heavy (non-hydrogen) atoms. The SMILES string of the molecule is COC(=O)c1cccc(NC(=O)c2cc(Nc3ccc(F)c(Cl)c3)ccn2)c1. The Morgan fingerprint density at radius 2 is 1.82 bits per heavy atom. The second-order valence-electron chi connectivity index (χ2n) is 5.71. The zero-order valence-corrected chi connectivity index (χ0v) is 15.5. The van der Waals surface area contributed by atoms with Gasteiger partial charge in [0.05, 0.1) is 17.7 Å². The van der Waals surface area contributed by atoms with Gasteiger partial charge in [0.1, 0.15) is 11.5 Å². The zero-order chi connectivity index (χ0) is 20.1. The minimum atomic E-state index is -0.517. The fourth-order valence-electron chi connectivity index (χ4n) is 2.41. The molecule has 0 aliphatic heterocycles. The highest BCUT2D eigenvalue weighted by Crippen LogP contribution is 2.23. The lowest BCUT2D eigenvalue weighted by Gasteiger charge is -2.09. The molecule has 0 aliphatic rings. The summed E-state index contributed by atoms with van der Waals surface area (Å²) in [5.41, 5.74) is 2.04. The molecule has 1 amide bonds. The third-order valence-corrected chi connectivity index (χ3v) is 4.03. The van der Waals surface area contributed by atoms with Crippen molar-refractivity contribution in [1.82, 2.24) is 4.98 Å². The first-order chi connectivity index (χ1) is 13.5. The van der Waals surface area contributed by atoms with Crippen molar-refractivity contribution >= 4 is 40.5 Å². The van der Waals surface area contributed by atoms with E-state index in [4.69, 9.17) is 11.6 Å². The van der Waals surface area contributed by atoms with Gasteiger partial charge in [0, 0.05) is 23.3 Å². The Hall–Kier alpha value is -3.45. The average molecular weight is 400 g/mol. The van der Waals surface area contributed by atoms with Crippen LogP contribution in [0.1, 0.15) is 20.8 Å². The van der Waals surface area contributed by atoms with E-state index in [1.54, 1.807) is 24.3 Å². The molecule has 0 radical (unpaired) electrons. The van der Waals surface area contributed by atoms with Crippen molar-refractivity contribution in [3.05, 3.63) is 82.9 Å². The number of hydrogen-bond donors (Lipinski definition) is 2. The molecule has 0 bridgehead atoms. The molecule has 2 aromatic carbocycles. The lowest BCUT2D eigenvalue weighted by atomic mass is 10.2. The molecule has 3 rings (SSSR count). The molecule has 1 heterocycles. The summed E-state index contributed by atoms with van der Waals surface area (Å²) in [7, 11) is 1.28. The number of pyridine rings is 1. The monoisotopic (exact) mass is 399 g/mol. The summed E-state index contributed by atoms with van der Waals surface area (Å²) in [5.74, 6) is -1.47. The highest BCUT2D eigenvalue weighted by molar-refractivity contribution is 6.31. The molecule has 6 nitrogen and oxygen atoms in total. The standard InChI is InChI=1S/C20H15ClFN3O3/c1-28-20(27)12-3-2-4-13(9-12)25-19(26)18-11-15(7-8-23-18)24-14-5-6-17(22)16(21)10-14/h2-11H,1H3,(H,23,24)(H,25,26). The number of halogens is 2. The van der Waals surface area contributed by atoms with Crippen molar-refractivity contribution in [2.45, 2.75) is 0 Å². The van der Waals surface area contributed by atoms with E-state index in [2.05, 4.69) is 20.4 Å². The maximum absolute atomic E-state index is 13.3. The molecule has 0 saturated heterocycles. The van der Waals surface area contributed by atoms with E-state index in [1.165, 1.54) is 43.6 Å². The van der Waals surface area contributed by atoms with Crippen LogP contribution in [0, 0.1) is 5.82 Å². The van der Waals surface area contributed by atoms with Crippen LogP contribution in [-0.2, 0) is 4.74 Å². The van der Waals surface area contributed by atoms with Gasteiger partial charge in [-0.3, -0.25) is 9.78 Å². The van der Waals surface area contributed by atoms with Crippen LogP contribution in [0.5, 0.6) is 0 Å².